The second kappa shape index (κ2) is 5.25. The minimum absolute atomic E-state index is 0.555. The fourth-order valence-electron chi connectivity index (χ4n) is 2.08. The number of likely N-dealkylation sites (tertiary alicyclic amines) is 1. The highest BCUT2D eigenvalue weighted by Crippen LogP contribution is 2.14. The zero-order valence-corrected chi connectivity index (χ0v) is 10.1. The highest BCUT2D eigenvalue weighted by molar-refractivity contribution is 5.34. The van der Waals surface area contributed by atoms with Crippen molar-refractivity contribution >= 4 is 5.82 Å². The van der Waals surface area contributed by atoms with E-state index in [0.29, 0.717) is 6.04 Å². The first-order valence-electron chi connectivity index (χ1n) is 6.07. The van der Waals surface area contributed by atoms with E-state index in [1.165, 1.54) is 25.9 Å². The van der Waals surface area contributed by atoms with E-state index < -0.39 is 0 Å². The van der Waals surface area contributed by atoms with Gasteiger partial charge in [-0.25, -0.2) is 0 Å². The molecule has 4 heteroatoms. The molecule has 0 aromatic carbocycles. The van der Waals surface area contributed by atoms with Crippen LogP contribution >= 0.6 is 0 Å². The number of aromatic nitrogens is 2. The van der Waals surface area contributed by atoms with Crippen molar-refractivity contribution in [1.29, 1.82) is 0 Å². The molecule has 2 rings (SSSR count). The maximum Gasteiger partial charge on any atom is 0.148 e. The van der Waals surface area contributed by atoms with Crippen LogP contribution in [0.25, 0.3) is 0 Å². The number of nitrogens with zero attached hydrogens (tertiary/aromatic N) is 3. The van der Waals surface area contributed by atoms with Gasteiger partial charge in [0.25, 0.3) is 0 Å². The minimum atomic E-state index is 0.555. The van der Waals surface area contributed by atoms with Gasteiger partial charge in [0.15, 0.2) is 0 Å². The Morgan fingerprint density at radius 2 is 2.06 bits per heavy atom. The van der Waals surface area contributed by atoms with Gasteiger partial charge in [0, 0.05) is 19.1 Å². The molecule has 0 bridgehead atoms. The molecule has 0 radical (unpaired) electrons. The Balaban J connectivity index is 1.84. The molecule has 0 unspecified atom stereocenters. The van der Waals surface area contributed by atoms with Crippen molar-refractivity contribution in [2.24, 2.45) is 0 Å². The van der Waals surface area contributed by atoms with Gasteiger partial charge < -0.3 is 10.2 Å². The molecule has 1 aromatic rings. The zero-order valence-electron chi connectivity index (χ0n) is 10.1. The summed E-state index contributed by atoms with van der Waals surface area (Å²) in [5, 5.41) is 11.6. The summed E-state index contributed by atoms with van der Waals surface area (Å²) in [6.07, 6.45) is 2.40. The summed E-state index contributed by atoms with van der Waals surface area (Å²) in [5.74, 6) is 0.903. The number of hydrogen-bond donors (Lipinski definition) is 1. The maximum atomic E-state index is 4.14. The van der Waals surface area contributed by atoms with Crippen LogP contribution < -0.4 is 5.32 Å². The molecule has 0 aliphatic carbocycles. The predicted molar refractivity (Wildman–Crippen MR) is 65.5 cm³/mol. The summed E-state index contributed by atoms with van der Waals surface area (Å²) in [4.78, 5) is 2.49. The van der Waals surface area contributed by atoms with Crippen LogP contribution in [-0.4, -0.2) is 40.8 Å². The molecule has 88 valence electrons. The van der Waals surface area contributed by atoms with Crippen molar-refractivity contribution < 1.29 is 0 Å². The number of anilines is 1. The molecule has 4 nitrogen and oxygen atoms in total. The van der Waals surface area contributed by atoms with E-state index in [1.807, 2.05) is 19.1 Å². The van der Waals surface area contributed by atoms with E-state index in [0.717, 1.165) is 18.1 Å². The second-order valence-electron chi connectivity index (χ2n) is 4.41. The fraction of sp³-hybridized carbons (Fsp3) is 0.667. The van der Waals surface area contributed by atoms with Crippen molar-refractivity contribution in [2.75, 3.05) is 25.0 Å². The summed E-state index contributed by atoms with van der Waals surface area (Å²) in [6, 6.07) is 4.56. The molecule has 2 heterocycles. The Labute approximate surface area is 97.1 Å². The first-order valence-corrected chi connectivity index (χ1v) is 6.07. The van der Waals surface area contributed by atoms with Gasteiger partial charge in [0.1, 0.15) is 5.82 Å². The number of aryl methyl sites for hydroxylation is 1. The molecule has 1 N–H and O–H groups in total. The number of rotatable bonds is 3. The van der Waals surface area contributed by atoms with E-state index in [2.05, 4.69) is 27.3 Å². The summed E-state index contributed by atoms with van der Waals surface area (Å²) < 4.78 is 0. The van der Waals surface area contributed by atoms with Crippen LogP contribution in [-0.2, 0) is 0 Å². The molecule has 1 aliphatic heterocycles. The average Bonchev–Trinajstić information content (AvgIpc) is 2.33. The lowest BCUT2D eigenvalue weighted by Crippen LogP contribution is -2.39. The van der Waals surface area contributed by atoms with Gasteiger partial charge in [0.2, 0.25) is 0 Å². The van der Waals surface area contributed by atoms with Crippen LogP contribution in [0.5, 0.6) is 0 Å². The fourth-order valence-corrected chi connectivity index (χ4v) is 2.08. The standard InChI is InChI=1S/C12H20N4/c1-3-16-8-6-11(7-9-16)13-12-5-4-10(2)14-15-12/h4-5,11H,3,6-9H2,1-2H3,(H,13,15). The largest absolute Gasteiger partial charge is 0.366 e. The Kier molecular flexibility index (Phi) is 3.72. The summed E-state index contributed by atoms with van der Waals surface area (Å²) in [5.41, 5.74) is 0.964. The van der Waals surface area contributed by atoms with E-state index in [9.17, 15) is 0 Å². The molecule has 0 spiro atoms. The Bertz CT molecular complexity index is 314. The molecule has 0 saturated carbocycles. The smallest absolute Gasteiger partial charge is 0.148 e. The molecule has 1 fully saturated rings. The van der Waals surface area contributed by atoms with Gasteiger partial charge in [-0.05, 0) is 38.4 Å². The molecule has 1 aliphatic rings. The second-order valence-corrected chi connectivity index (χ2v) is 4.41. The third kappa shape index (κ3) is 2.92. The Hall–Kier alpha value is -1.16. The molecular formula is C12H20N4. The Morgan fingerprint density at radius 1 is 1.31 bits per heavy atom. The maximum absolute atomic E-state index is 4.14. The van der Waals surface area contributed by atoms with Crippen LogP contribution in [0.2, 0.25) is 0 Å². The third-order valence-corrected chi connectivity index (χ3v) is 3.18. The molecule has 0 amide bonds. The van der Waals surface area contributed by atoms with Gasteiger partial charge in [0.05, 0.1) is 5.69 Å². The lowest BCUT2D eigenvalue weighted by Gasteiger charge is -2.31. The van der Waals surface area contributed by atoms with Gasteiger partial charge in [-0.15, -0.1) is 5.10 Å². The normalized spacial score (nSPS) is 18.6. The van der Waals surface area contributed by atoms with Crippen LogP contribution in [0.1, 0.15) is 25.5 Å². The van der Waals surface area contributed by atoms with E-state index >= 15 is 0 Å². The summed E-state index contributed by atoms with van der Waals surface area (Å²) in [7, 11) is 0. The highest BCUT2D eigenvalue weighted by atomic mass is 15.2. The van der Waals surface area contributed by atoms with Gasteiger partial charge in [-0.3, -0.25) is 0 Å². The van der Waals surface area contributed by atoms with Crippen molar-refractivity contribution in [3.63, 3.8) is 0 Å². The predicted octanol–water partition coefficient (Wildman–Crippen LogP) is 1.68. The minimum Gasteiger partial charge on any atom is -0.366 e. The van der Waals surface area contributed by atoms with Crippen LogP contribution in [0, 0.1) is 6.92 Å². The van der Waals surface area contributed by atoms with Gasteiger partial charge >= 0.3 is 0 Å². The number of nitrogens with one attached hydrogen (secondary N) is 1. The first-order chi connectivity index (χ1) is 7.78. The van der Waals surface area contributed by atoms with E-state index in [4.69, 9.17) is 0 Å². The number of hydrogen-bond acceptors (Lipinski definition) is 4. The lowest BCUT2D eigenvalue weighted by molar-refractivity contribution is 0.229. The van der Waals surface area contributed by atoms with Crippen molar-refractivity contribution in [3.05, 3.63) is 17.8 Å². The highest BCUT2D eigenvalue weighted by Gasteiger charge is 2.17. The monoisotopic (exact) mass is 220 g/mol. The van der Waals surface area contributed by atoms with Gasteiger partial charge in [-0.2, -0.15) is 5.10 Å². The molecule has 1 saturated heterocycles. The van der Waals surface area contributed by atoms with Crippen molar-refractivity contribution in [3.8, 4) is 0 Å². The SMILES string of the molecule is CCN1CCC(Nc2ccc(C)nn2)CC1. The van der Waals surface area contributed by atoms with Gasteiger partial charge in [-0.1, -0.05) is 6.92 Å². The molecular weight excluding hydrogens is 200 g/mol. The summed E-state index contributed by atoms with van der Waals surface area (Å²) in [6.45, 7) is 7.72. The van der Waals surface area contributed by atoms with Crippen LogP contribution in [0.4, 0.5) is 5.82 Å². The summed E-state index contributed by atoms with van der Waals surface area (Å²) >= 11 is 0. The van der Waals surface area contributed by atoms with E-state index in [-0.39, 0.29) is 0 Å². The number of piperidine rings is 1. The Morgan fingerprint density at radius 3 is 2.62 bits per heavy atom. The third-order valence-electron chi connectivity index (χ3n) is 3.18. The average molecular weight is 220 g/mol. The van der Waals surface area contributed by atoms with Crippen molar-refractivity contribution in [2.45, 2.75) is 32.7 Å². The van der Waals surface area contributed by atoms with Crippen LogP contribution in [0.15, 0.2) is 12.1 Å². The van der Waals surface area contributed by atoms with Crippen LogP contribution in [0.3, 0.4) is 0 Å². The first kappa shape index (κ1) is 11.3. The topological polar surface area (TPSA) is 41.0 Å². The lowest BCUT2D eigenvalue weighted by atomic mass is 10.1. The molecule has 0 atom stereocenters. The molecule has 16 heavy (non-hydrogen) atoms. The molecule has 1 aromatic heterocycles. The van der Waals surface area contributed by atoms with Crippen molar-refractivity contribution in [1.82, 2.24) is 15.1 Å². The zero-order chi connectivity index (χ0) is 11.4. The quantitative estimate of drug-likeness (QED) is 0.841. The van der Waals surface area contributed by atoms with E-state index in [1.54, 1.807) is 0 Å².